The summed E-state index contributed by atoms with van der Waals surface area (Å²) in [5.41, 5.74) is 0. The Morgan fingerprint density at radius 2 is 2.29 bits per heavy atom. The summed E-state index contributed by atoms with van der Waals surface area (Å²) in [6.45, 7) is 4.77. The number of hydrogen-bond donors (Lipinski definition) is 1. The van der Waals surface area contributed by atoms with Gasteiger partial charge < -0.3 is 19.5 Å². The first-order valence-electron chi connectivity index (χ1n) is 5.31. The van der Waals surface area contributed by atoms with Crippen LogP contribution in [-0.2, 0) is 14.2 Å². The van der Waals surface area contributed by atoms with Gasteiger partial charge in [-0.1, -0.05) is 0 Å². The third-order valence-corrected chi connectivity index (χ3v) is 2.27. The van der Waals surface area contributed by atoms with Gasteiger partial charge in [-0.2, -0.15) is 0 Å². The van der Waals surface area contributed by atoms with Crippen LogP contribution in [0, 0.1) is 0 Å². The van der Waals surface area contributed by atoms with Crippen LogP contribution in [-0.4, -0.2) is 52.7 Å². The molecule has 1 heterocycles. The molecule has 4 nitrogen and oxygen atoms in total. The highest BCUT2D eigenvalue weighted by Gasteiger charge is 2.11. The van der Waals surface area contributed by atoms with Crippen LogP contribution in [0.15, 0.2) is 0 Å². The Morgan fingerprint density at radius 3 is 3.00 bits per heavy atom. The molecule has 1 fully saturated rings. The number of rotatable bonds is 7. The molecule has 0 aliphatic carbocycles. The number of ether oxygens (including phenoxy) is 3. The van der Waals surface area contributed by atoms with Gasteiger partial charge in [0.1, 0.15) is 0 Å². The molecular weight excluding hydrogens is 182 g/mol. The molecule has 84 valence electrons. The van der Waals surface area contributed by atoms with E-state index in [0.29, 0.717) is 19.3 Å². The SMILES string of the molecule is COCCOCCNC1CCCOC1. The summed E-state index contributed by atoms with van der Waals surface area (Å²) in [5, 5.41) is 3.41. The second-order valence-electron chi connectivity index (χ2n) is 3.47. The van der Waals surface area contributed by atoms with Crippen molar-refractivity contribution in [2.24, 2.45) is 0 Å². The van der Waals surface area contributed by atoms with Crippen molar-refractivity contribution >= 4 is 0 Å². The van der Waals surface area contributed by atoms with Crippen LogP contribution in [0.5, 0.6) is 0 Å². The fraction of sp³-hybridized carbons (Fsp3) is 1.00. The van der Waals surface area contributed by atoms with E-state index in [9.17, 15) is 0 Å². The zero-order valence-electron chi connectivity index (χ0n) is 8.96. The molecule has 0 bridgehead atoms. The van der Waals surface area contributed by atoms with Crippen LogP contribution < -0.4 is 5.32 Å². The summed E-state index contributed by atoms with van der Waals surface area (Å²) >= 11 is 0. The summed E-state index contributed by atoms with van der Waals surface area (Å²) < 4.78 is 15.6. The van der Waals surface area contributed by atoms with Gasteiger partial charge in [0.2, 0.25) is 0 Å². The Labute approximate surface area is 85.9 Å². The van der Waals surface area contributed by atoms with Crippen LogP contribution >= 0.6 is 0 Å². The molecule has 1 aliphatic heterocycles. The van der Waals surface area contributed by atoms with Gasteiger partial charge in [0.25, 0.3) is 0 Å². The molecule has 0 amide bonds. The Hall–Kier alpha value is -0.160. The second-order valence-corrected chi connectivity index (χ2v) is 3.47. The van der Waals surface area contributed by atoms with Crippen molar-refractivity contribution in [1.29, 1.82) is 0 Å². The maximum atomic E-state index is 5.35. The van der Waals surface area contributed by atoms with Gasteiger partial charge in [0.05, 0.1) is 26.4 Å². The highest BCUT2D eigenvalue weighted by Crippen LogP contribution is 2.04. The zero-order valence-corrected chi connectivity index (χ0v) is 8.96. The van der Waals surface area contributed by atoms with Crippen LogP contribution in [0.1, 0.15) is 12.8 Å². The predicted molar refractivity (Wildman–Crippen MR) is 54.5 cm³/mol. The molecule has 1 atom stereocenters. The molecular formula is C10H21NO3. The maximum absolute atomic E-state index is 5.35. The van der Waals surface area contributed by atoms with E-state index in [1.54, 1.807) is 7.11 Å². The van der Waals surface area contributed by atoms with Gasteiger partial charge in [-0.3, -0.25) is 0 Å². The molecule has 1 unspecified atom stereocenters. The second kappa shape index (κ2) is 8.17. The van der Waals surface area contributed by atoms with Crippen molar-refractivity contribution in [2.75, 3.05) is 46.7 Å². The fourth-order valence-corrected chi connectivity index (χ4v) is 1.48. The van der Waals surface area contributed by atoms with Crippen molar-refractivity contribution in [1.82, 2.24) is 5.32 Å². The standard InChI is InChI=1S/C10H21NO3/c1-12-7-8-13-6-4-11-10-3-2-5-14-9-10/h10-11H,2-9H2,1H3. The van der Waals surface area contributed by atoms with Gasteiger partial charge >= 0.3 is 0 Å². The highest BCUT2D eigenvalue weighted by molar-refractivity contribution is 4.69. The smallest absolute Gasteiger partial charge is 0.0700 e. The van der Waals surface area contributed by atoms with Crippen LogP contribution in [0.3, 0.4) is 0 Å². The molecule has 0 aromatic rings. The lowest BCUT2D eigenvalue weighted by Crippen LogP contribution is -2.38. The van der Waals surface area contributed by atoms with Crippen molar-refractivity contribution in [3.63, 3.8) is 0 Å². The van der Waals surface area contributed by atoms with Gasteiger partial charge in [0.15, 0.2) is 0 Å². The molecule has 1 rings (SSSR count). The minimum atomic E-state index is 0.523. The average molecular weight is 203 g/mol. The first-order chi connectivity index (χ1) is 6.93. The van der Waals surface area contributed by atoms with Crippen molar-refractivity contribution in [2.45, 2.75) is 18.9 Å². The van der Waals surface area contributed by atoms with Gasteiger partial charge in [-0.05, 0) is 12.8 Å². The van der Waals surface area contributed by atoms with Crippen molar-refractivity contribution in [3.8, 4) is 0 Å². The lowest BCUT2D eigenvalue weighted by atomic mass is 10.1. The summed E-state index contributed by atoms with van der Waals surface area (Å²) in [6, 6.07) is 0.523. The predicted octanol–water partition coefficient (Wildman–Crippen LogP) is 0.418. The van der Waals surface area contributed by atoms with Gasteiger partial charge in [-0.15, -0.1) is 0 Å². The van der Waals surface area contributed by atoms with Crippen LogP contribution in [0.25, 0.3) is 0 Å². The molecule has 0 spiro atoms. The quantitative estimate of drug-likeness (QED) is 0.609. The number of hydrogen-bond acceptors (Lipinski definition) is 4. The molecule has 1 N–H and O–H groups in total. The number of methoxy groups -OCH3 is 1. The molecule has 1 aliphatic rings. The molecule has 0 aromatic heterocycles. The minimum absolute atomic E-state index is 0.523. The zero-order chi connectivity index (χ0) is 10.1. The molecule has 0 aromatic carbocycles. The van der Waals surface area contributed by atoms with E-state index in [4.69, 9.17) is 14.2 Å². The number of nitrogens with one attached hydrogen (secondary N) is 1. The van der Waals surface area contributed by atoms with Gasteiger partial charge in [-0.25, -0.2) is 0 Å². The summed E-state index contributed by atoms with van der Waals surface area (Å²) in [7, 11) is 1.68. The topological polar surface area (TPSA) is 39.7 Å². The molecule has 14 heavy (non-hydrogen) atoms. The minimum Gasteiger partial charge on any atom is -0.382 e. The Kier molecular flexibility index (Phi) is 6.95. The average Bonchev–Trinajstić information content (AvgIpc) is 2.25. The third-order valence-electron chi connectivity index (χ3n) is 2.27. The Bertz CT molecular complexity index is 127. The van der Waals surface area contributed by atoms with E-state index < -0.39 is 0 Å². The summed E-state index contributed by atoms with van der Waals surface area (Å²) in [6.07, 6.45) is 2.39. The lowest BCUT2D eigenvalue weighted by molar-refractivity contribution is 0.0546. The van der Waals surface area contributed by atoms with Crippen LogP contribution in [0.4, 0.5) is 0 Å². The van der Waals surface area contributed by atoms with E-state index >= 15 is 0 Å². The van der Waals surface area contributed by atoms with E-state index in [1.165, 1.54) is 12.8 Å². The monoisotopic (exact) mass is 203 g/mol. The molecule has 4 heteroatoms. The van der Waals surface area contributed by atoms with Crippen molar-refractivity contribution in [3.05, 3.63) is 0 Å². The highest BCUT2D eigenvalue weighted by atomic mass is 16.5. The molecule has 0 saturated carbocycles. The van der Waals surface area contributed by atoms with Crippen molar-refractivity contribution < 1.29 is 14.2 Å². The largest absolute Gasteiger partial charge is 0.382 e. The van der Waals surface area contributed by atoms with E-state index in [0.717, 1.165) is 26.4 Å². The van der Waals surface area contributed by atoms with E-state index in [-0.39, 0.29) is 0 Å². The lowest BCUT2D eigenvalue weighted by Gasteiger charge is -2.23. The molecule has 0 radical (unpaired) electrons. The van der Waals surface area contributed by atoms with Crippen LogP contribution in [0.2, 0.25) is 0 Å². The van der Waals surface area contributed by atoms with E-state index in [2.05, 4.69) is 5.32 Å². The summed E-state index contributed by atoms with van der Waals surface area (Å²) in [4.78, 5) is 0. The fourth-order valence-electron chi connectivity index (χ4n) is 1.48. The Morgan fingerprint density at radius 1 is 1.36 bits per heavy atom. The first-order valence-corrected chi connectivity index (χ1v) is 5.31. The normalized spacial score (nSPS) is 22.5. The van der Waals surface area contributed by atoms with E-state index in [1.807, 2.05) is 0 Å². The first kappa shape index (κ1) is 11.9. The Balaban J connectivity index is 1.82. The van der Waals surface area contributed by atoms with Gasteiger partial charge in [0, 0.05) is 26.3 Å². The molecule has 1 saturated heterocycles. The maximum Gasteiger partial charge on any atom is 0.0700 e. The summed E-state index contributed by atoms with van der Waals surface area (Å²) in [5.74, 6) is 0. The third kappa shape index (κ3) is 5.54.